The van der Waals surface area contributed by atoms with Crippen LogP contribution in [0, 0.1) is 0 Å². The second-order valence-corrected chi connectivity index (χ2v) is 7.41. The SMILES string of the molecule is [B]C1([B])CN(c2ccnc(NC(C)c3cn(-c4ccc(C(F)(F)F)cc4)cn3)n2)C(=O)N1. The molecular formula is C19H16B2F3N7O. The van der Waals surface area contributed by atoms with Crippen LogP contribution in [0.15, 0.2) is 49.1 Å². The van der Waals surface area contributed by atoms with Crippen LogP contribution in [-0.2, 0) is 6.18 Å². The molecule has 13 heteroatoms. The van der Waals surface area contributed by atoms with Crippen molar-refractivity contribution in [3.63, 3.8) is 0 Å². The molecule has 4 radical (unpaired) electrons. The first-order chi connectivity index (χ1) is 15.0. The standard InChI is InChI=1S/C19H16B2F3N7O/c1-11(14-8-30(10-26-14)13-4-2-12(3-5-13)19(22,23)24)27-16-25-7-6-15(28-16)31-9-18(20,21)29-17(31)32/h2-8,10-11H,9H2,1H3,(H,29,32)(H,25,27,28). The third-order valence-corrected chi connectivity index (χ3v) is 4.81. The lowest BCUT2D eigenvalue weighted by Crippen LogP contribution is -2.44. The van der Waals surface area contributed by atoms with E-state index in [2.05, 4.69) is 25.6 Å². The molecular weight excluding hydrogens is 421 g/mol. The first-order valence-corrected chi connectivity index (χ1v) is 9.50. The van der Waals surface area contributed by atoms with Gasteiger partial charge in [0.2, 0.25) is 5.95 Å². The first-order valence-electron chi connectivity index (χ1n) is 9.50. The summed E-state index contributed by atoms with van der Waals surface area (Å²) in [4.78, 5) is 26.1. The lowest BCUT2D eigenvalue weighted by Gasteiger charge is -2.18. The van der Waals surface area contributed by atoms with Gasteiger partial charge in [0, 0.05) is 24.6 Å². The van der Waals surface area contributed by atoms with Crippen LogP contribution in [0.4, 0.5) is 29.7 Å². The van der Waals surface area contributed by atoms with Gasteiger partial charge >= 0.3 is 12.2 Å². The van der Waals surface area contributed by atoms with Crippen molar-refractivity contribution in [3.05, 3.63) is 60.3 Å². The molecule has 4 rings (SSSR count). The molecule has 8 nitrogen and oxygen atoms in total. The number of nitrogens with one attached hydrogen (secondary N) is 2. The van der Waals surface area contributed by atoms with Gasteiger partial charge in [0.1, 0.15) is 5.82 Å². The van der Waals surface area contributed by atoms with Gasteiger partial charge in [0.25, 0.3) is 0 Å². The van der Waals surface area contributed by atoms with Crippen LogP contribution in [-0.4, -0.2) is 53.1 Å². The number of benzene rings is 1. The predicted octanol–water partition coefficient (Wildman–Crippen LogP) is 2.37. The van der Waals surface area contributed by atoms with Crippen molar-refractivity contribution >= 4 is 33.5 Å². The zero-order chi connectivity index (χ0) is 23.1. The van der Waals surface area contributed by atoms with Crippen molar-refractivity contribution in [3.8, 4) is 5.69 Å². The van der Waals surface area contributed by atoms with Crippen molar-refractivity contribution in [2.45, 2.75) is 24.5 Å². The van der Waals surface area contributed by atoms with E-state index in [1.165, 1.54) is 29.6 Å². The maximum absolute atomic E-state index is 12.7. The maximum Gasteiger partial charge on any atom is 0.416 e. The molecule has 1 atom stereocenters. The first kappa shape index (κ1) is 21.7. The number of anilines is 2. The number of nitrogens with zero attached hydrogens (tertiary/aromatic N) is 5. The van der Waals surface area contributed by atoms with Crippen molar-refractivity contribution in [1.29, 1.82) is 0 Å². The Morgan fingerprint density at radius 2 is 1.91 bits per heavy atom. The number of amides is 2. The summed E-state index contributed by atoms with van der Waals surface area (Å²) in [5.74, 6) is 0.568. The fourth-order valence-corrected chi connectivity index (χ4v) is 3.19. The third kappa shape index (κ3) is 4.56. The molecule has 160 valence electrons. The molecule has 1 unspecified atom stereocenters. The lowest BCUT2D eigenvalue weighted by atomic mass is 9.63. The second kappa shape index (κ2) is 7.88. The van der Waals surface area contributed by atoms with Crippen LogP contribution in [0.2, 0.25) is 0 Å². The molecule has 2 aromatic heterocycles. The van der Waals surface area contributed by atoms with E-state index in [1.807, 2.05) is 6.92 Å². The Bertz CT molecular complexity index is 1130. The molecule has 32 heavy (non-hydrogen) atoms. The van der Waals surface area contributed by atoms with Crippen LogP contribution in [0.1, 0.15) is 24.2 Å². The highest BCUT2D eigenvalue weighted by Crippen LogP contribution is 2.30. The van der Waals surface area contributed by atoms with E-state index >= 15 is 0 Å². The number of halogens is 3. The normalized spacial score (nSPS) is 16.6. The predicted molar refractivity (Wildman–Crippen MR) is 113 cm³/mol. The van der Waals surface area contributed by atoms with Gasteiger partial charge in [-0.2, -0.15) is 18.2 Å². The summed E-state index contributed by atoms with van der Waals surface area (Å²) < 4.78 is 39.9. The summed E-state index contributed by atoms with van der Waals surface area (Å²) in [6, 6.07) is 5.52. The Balaban J connectivity index is 1.47. The van der Waals surface area contributed by atoms with Crippen LogP contribution in [0.3, 0.4) is 0 Å². The highest BCUT2D eigenvalue weighted by molar-refractivity contribution is 6.42. The highest BCUT2D eigenvalue weighted by Gasteiger charge is 2.35. The number of aromatic nitrogens is 4. The zero-order valence-electron chi connectivity index (χ0n) is 16.8. The third-order valence-electron chi connectivity index (χ3n) is 4.81. The molecule has 1 aliphatic heterocycles. The number of urea groups is 1. The van der Waals surface area contributed by atoms with Gasteiger partial charge in [0.15, 0.2) is 0 Å². The average molecular weight is 437 g/mol. The molecule has 0 spiro atoms. The van der Waals surface area contributed by atoms with Crippen LogP contribution in [0.25, 0.3) is 5.69 Å². The Morgan fingerprint density at radius 3 is 2.53 bits per heavy atom. The maximum atomic E-state index is 12.7. The Labute approximate surface area is 184 Å². The molecule has 2 amide bonds. The monoisotopic (exact) mass is 437 g/mol. The molecule has 3 aromatic rings. The Kier molecular flexibility index (Phi) is 5.35. The molecule has 1 fully saturated rings. The molecule has 1 aromatic carbocycles. The number of imidazole rings is 1. The molecule has 2 N–H and O–H groups in total. The number of hydrogen-bond donors (Lipinski definition) is 2. The fraction of sp³-hybridized carbons (Fsp3) is 0.263. The molecule has 0 bridgehead atoms. The summed E-state index contributed by atoms with van der Waals surface area (Å²) in [5, 5.41) is 4.17. The van der Waals surface area contributed by atoms with Crippen molar-refractivity contribution in [1.82, 2.24) is 24.8 Å². The van der Waals surface area contributed by atoms with E-state index in [0.29, 0.717) is 17.2 Å². The van der Waals surface area contributed by atoms with Gasteiger partial charge in [-0.25, -0.2) is 14.8 Å². The number of rotatable bonds is 5. The van der Waals surface area contributed by atoms with E-state index in [1.54, 1.807) is 16.8 Å². The van der Waals surface area contributed by atoms with E-state index in [-0.39, 0.29) is 18.5 Å². The Hall–Kier alpha value is -3.50. The van der Waals surface area contributed by atoms with Crippen molar-refractivity contribution in [2.24, 2.45) is 0 Å². The smallest absolute Gasteiger partial charge is 0.348 e. The van der Waals surface area contributed by atoms with Gasteiger partial charge in [-0.05, 0) is 42.6 Å². The number of alkyl halides is 3. The van der Waals surface area contributed by atoms with E-state index in [9.17, 15) is 18.0 Å². The summed E-state index contributed by atoms with van der Waals surface area (Å²) in [6.07, 6.45) is 0.287. The number of hydrogen-bond acceptors (Lipinski definition) is 5. The topological polar surface area (TPSA) is 88.0 Å². The minimum atomic E-state index is -4.39. The van der Waals surface area contributed by atoms with Crippen molar-refractivity contribution < 1.29 is 18.0 Å². The summed E-state index contributed by atoms with van der Waals surface area (Å²) in [7, 11) is 11.5. The number of carbonyl (C=O) groups is 1. The quantitative estimate of drug-likeness (QED) is 0.599. The Morgan fingerprint density at radius 1 is 1.19 bits per heavy atom. The zero-order valence-corrected chi connectivity index (χ0v) is 16.8. The number of carbonyl (C=O) groups excluding carboxylic acids is 1. The van der Waals surface area contributed by atoms with Crippen LogP contribution < -0.4 is 15.5 Å². The van der Waals surface area contributed by atoms with Gasteiger partial charge in [-0.15, -0.1) is 0 Å². The van der Waals surface area contributed by atoms with Crippen molar-refractivity contribution in [2.75, 3.05) is 16.8 Å². The lowest BCUT2D eigenvalue weighted by molar-refractivity contribution is -0.137. The average Bonchev–Trinajstić information content (AvgIpc) is 3.32. The second-order valence-electron chi connectivity index (χ2n) is 7.41. The molecule has 3 heterocycles. The van der Waals surface area contributed by atoms with E-state index < -0.39 is 23.1 Å². The summed E-state index contributed by atoms with van der Waals surface area (Å²) in [5.41, 5.74) is 0.428. The van der Waals surface area contributed by atoms with Crippen LogP contribution >= 0.6 is 0 Å². The minimum Gasteiger partial charge on any atom is -0.348 e. The molecule has 1 saturated heterocycles. The van der Waals surface area contributed by atoms with Gasteiger partial charge < -0.3 is 15.2 Å². The summed E-state index contributed by atoms with van der Waals surface area (Å²) in [6.45, 7) is 1.86. The van der Waals surface area contributed by atoms with Gasteiger partial charge in [-0.1, -0.05) is 0 Å². The highest BCUT2D eigenvalue weighted by atomic mass is 19.4. The molecule has 0 aliphatic carbocycles. The van der Waals surface area contributed by atoms with E-state index in [0.717, 1.165) is 12.1 Å². The van der Waals surface area contributed by atoms with Gasteiger partial charge in [0.05, 0.1) is 39.3 Å². The minimum absolute atomic E-state index is 0.0371. The van der Waals surface area contributed by atoms with Gasteiger partial charge in [-0.3, -0.25) is 4.90 Å². The molecule has 1 aliphatic rings. The molecule has 0 saturated carbocycles. The summed E-state index contributed by atoms with van der Waals surface area (Å²) >= 11 is 0. The fourth-order valence-electron chi connectivity index (χ4n) is 3.19. The van der Waals surface area contributed by atoms with E-state index in [4.69, 9.17) is 15.7 Å². The largest absolute Gasteiger partial charge is 0.416 e. The van der Waals surface area contributed by atoms with Crippen LogP contribution in [0.5, 0.6) is 0 Å².